The molecule has 17 heavy (non-hydrogen) atoms. The SMILES string of the molecule is COC(=O)c1cc(-c2cnc(C)cn2)ncn1. The first-order chi connectivity index (χ1) is 8.20. The third kappa shape index (κ3) is 2.41. The lowest BCUT2D eigenvalue weighted by Crippen LogP contribution is -2.05. The van der Waals surface area contributed by atoms with Crippen LogP contribution in [0, 0.1) is 6.92 Å². The average Bonchev–Trinajstić information content (AvgIpc) is 2.39. The molecule has 2 heterocycles. The van der Waals surface area contributed by atoms with E-state index in [-0.39, 0.29) is 5.69 Å². The molecule has 2 aromatic heterocycles. The van der Waals surface area contributed by atoms with Crippen molar-refractivity contribution in [1.82, 2.24) is 19.9 Å². The highest BCUT2D eigenvalue weighted by Gasteiger charge is 2.10. The van der Waals surface area contributed by atoms with Gasteiger partial charge in [0.25, 0.3) is 0 Å². The Balaban J connectivity index is 2.39. The van der Waals surface area contributed by atoms with Crippen LogP contribution in [0.5, 0.6) is 0 Å². The summed E-state index contributed by atoms with van der Waals surface area (Å²) in [6.07, 6.45) is 4.52. The lowest BCUT2D eigenvalue weighted by atomic mass is 10.2. The minimum Gasteiger partial charge on any atom is -0.464 e. The van der Waals surface area contributed by atoms with E-state index in [0.29, 0.717) is 11.4 Å². The van der Waals surface area contributed by atoms with Crippen LogP contribution in [0.3, 0.4) is 0 Å². The molecule has 0 spiro atoms. The summed E-state index contributed by atoms with van der Waals surface area (Å²) in [5.74, 6) is -0.506. The molecule has 0 bridgehead atoms. The van der Waals surface area contributed by atoms with E-state index < -0.39 is 5.97 Å². The second-order valence-corrected chi connectivity index (χ2v) is 3.32. The number of rotatable bonds is 2. The Bertz CT molecular complexity index is 539. The monoisotopic (exact) mass is 230 g/mol. The van der Waals surface area contributed by atoms with Crippen molar-refractivity contribution in [2.75, 3.05) is 7.11 Å². The molecule has 0 saturated heterocycles. The van der Waals surface area contributed by atoms with Crippen molar-refractivity contribution in [2.24, 2.45) is 0 Å². The first-order valence-electron chi connectivity index (χ1n) is 4.90. The molecule has 0 aliphatic heterocycles. The summed E-state index contributed by atoms with van der Waals surface area (Å²) >= 11 is 0. The molecule has 6 nitrogen and oxygen atoms in total. The molecule has 2 aromatic rings. The molecule has 0 unspecified atom stereocenters. The summed E-state index contributed by atoms with van der Waals surface area (Å²) in [6, 6.07) is 1.52. The number of hydrogen-bond acceptors (Lipinski definition) is 6. The second kappa shape index (κ2) is 4.65. The lowest BCUT2D eigenvalue weighted by Gasteiger charge is -2.01. The fourth-order valence-corrected chi connectivity index (χ4v) is 1.24. The van der Waals surface area contributed by atoms with Gasteiger partial charge in [-0.05, 0) is 13.0 Å². The summed E-state index contributed by atoms with van der Waals surface area (Å²) in [6.45, 7) is 1.84. The van der Waals surface area contributed by atoms with E-state index in [9.17, 15) is 4.79 Å². The normalized spacial score (nSPS) is 10.0. The van der Waals surface area contributed by atoms with Crippen LogP contribution in [0.25, 0.3) is 11.4 Å². The van der Waals surface area contributed by atoms with Crippen molar-refractivity contribution in [3.05, 3.63) is 36.2 Å². The topological polar surface area (TPSA) is 77.9 Å². The molecule has 0 radical (unpaired) electrons. The molecule has 0 saturated carbocycles. The largest absolute Gasteiger partial charge is 0.464 e. The molecular formula is C11H10N4O2. The number of carbonyl (C=O) groups excluding carboxylic acids is 1. The smallest absolute Gasteiger partial charge is 0.356 e. The fourth-order valence-electron chi connectivity index (χ4n) is 1.24. The van der Waals surface area contributed by atoms with Gasteiger partial charge in [-0.25, -0.2) is 14.8 Å². The first kappa shape index (κ1) is 11.1. The molecule has 86 valence electrons. The van der Waals surface area contributed by atoms with Crippen LogP contribution in [0.2, 0.25) is 0 Å². The van der Waals surface area contributed by atoms with Crippen molar-refractivity contribution >= 4 is 5.97 Å². The minimum atomic E-state index is -0.506. The van der Waals surface area contributed by atoms with Crippen LogP contribution in [0.15, 0.2) is 24.8 Å². The third-order valence-electron chi connectivity index (χ3n) is 2.10. The highest BCUT2D eigenvalue weighted by atomic mass is 16.5. The van der Waals surface area contributed by atoms with Crippen molar-refractivity contribution in [3.63, 3.8) is 0 Å². The summed E-state index contributed by atoms with van der Waals surface area (Å²) < 4.78 is 4.58. The van der Waals surface area contributed by atoms with E-state index in [4.69, 9.17) is 0 Å². The second-order valence-electron chi connectivity index (χ2n) is 3.32. The van der Waals surface area contributed by atoms with Crippen LogP contribution in [-0.4, -0.2) is 33.0 Å². The van der Waals surface area contributed by atoms with E-state index in [1.54, 1.807) is 12.4 Å². The van der Waals surface area contributed by atoms with Gasteiger partial charge in [0.15, 0.2) is 5.69 Å². The Morgan fingerprint density at radius 2 is 1.94 bits per heavy atom. The van der Waals surface area contributed by atoms with Crippen LogP contribution in [-0.2, 0) is 4.74 Å². The molecule has 6 heteroatoms. The molecular weight excluding hydrogens is 220 g/mol. The molecule has 0 aliphatic carbocycles. The van der Waals surface area contributed by atoms with Gasteiger partial charge in [-0.2, -0.15) is 0 Å². The van der Waals surface area contributed by atoms with Gasteiger partial charge in [-0.1, -0.05) is 0 Å². The van der Waals surface area contributed by atoms with E-state index in [1.165, 1.54) is 19.5 Å². The van der Waals surface area contributed by atoms with E-state index in [2.05, 4.69) is 24.7 Å². The average molecular weight is 230 g/mol. The predicted molar refractivity (Wildman–Crippen MR) is 59.1 cm³/mol. The summed E-state index contributed by atoms with van der Waals surface area (Å²) in [4.78, 5) is 27.4. The van der Waals surface area contributed by atoms with Gasteiger partial charge in [0.1, 0.15) is 12.0 Å². The highest BCUT2D eigenvalue weighted by molar-refractivity contribution is 5.88. The number of esters is 1. The van der Waals surface area contributed by atoms with E-state index in [1.807, 2.05) is 6.92 Å². The maximum atomic E-state index is 11.3. The van der Waals surface area contributed by atoms with Gasteiger partial charge in [-0.15, -0.1) is 0 Å². The number of aryl methyl sites for hydroxylation is 1. The molecule has 0 atom stereocenters. The molecule has 0 aliphatic rings. The van der Waals surface area contributed by atoms with Crippen molar-refractivity contribution in [2.45, 2.75) is 6.92 Å². The first-order valence-corrected chi connectivity index (χ1v) is 4.90. The van der Waals surface area contributed by atoms with Crippen LogP contribution in [0.4, 0.5) is 0 Å². The zero-order valence-electron chi connectivity index (χ0n) is 9.41. The number of methoxy groups -OCH3 is 1. The van der Waals surface area contributed by atoms with Gasteiger partial charge in [0.05, 0.1) is 24.7 Å². The Labute approximate surface area is 97.7 Å². The van der Waals surface area contributed by atoms with Crippen LogP contribution < -0.4 is 0 Å². The van der Waals surface area contributed by atoms with Crippen molar-refractivity contribution < 1.29 is 9.53 Å². The minimum absolute atomic E-state index is 0.194. The number of aromatic nitrogens is 4. The Morgan fingerprint density at radius 1 is 1.12 bits per heavy atom. The predicted octanol–water partition coefficient (Wildman–Crippen LogP) is 1.03. The van der Waals surface area contributed by atoms with Crippen LogP contribution in [0.1, 0.15) is 16.2 Å². The number of hydrogen-bond donors (Lipinski definition) is 0. The quantitative estimate of drug-likeness (QED) is 0.717. The summed E-state index contributed by atoms with van der Waals surface area (Å²) in [5, 5.41) is 0. The maximum absolute atomic E-state index is 11.3. The van der Waals surface area contributed by atoms with Gasteiger partial charge in [0, 0.05) is 6.20 Å². The van der Waals surface area contributed by atoms with E-state index >= 15 is 0 Å². The van der Waals surface area contributed by atoms with Crippen molar-refractivity contribution in [1.29, 1.82) is 0 Å². The van der Waals surface area contributed by atoms with Crippen molar-refractivity contribution in [3.8, 4) is 11.4 Å². The molecule has 0 amide bonds. The third-order valence-corrected chi connectivity index (χ3v) is 2.10. The standard InChI is InChI=1S/C11H10N4O2/c1-7-4-13-10(5-12-7)8-3-9(11(16)17-2)15-6-14-8/h3-6H,1-2H3. The molecule has 0 fully saturated rings. The number of ether oxygens (including phenoxy) is 1. The van der Waals surface area contributed by atoms with E-state index in [0.717, 1.165) is 5.69 Å². The summed E-state index contributed by atoms with van der Waals surface area (Å²) in [7, 11) is 1.30. The molecule has 0 N–H and O–H groups in total. The van der Waals surface area contributed by atoms with Gasteiger partial charge in [-0.3, -0.25) is 9.97 Å². The summed E-state index contributed by atoms with van der Waals surface area (Å²) in [5.41, 5.74) is 2.13. The number of carbonyl (C=O) groups is 1. The zero-order valence-corrected chi connectivity index (χ0v) is 9.41. The fraction of sp³-hybridized carbons (Fsp3) is 0.182. The Hall–Kier alpha value is -2.37. The Morgan fingerprint density at radius 3 is 2.59 bits per heavy atom. The maximum Gasteiger partial charge on any atom is 0.356 e. The van der Waals surface area contributed by atoms with Gasteiger partial charge in [0.2, 0.25) is 0 Å². The van der Waals surface area contributed by atoms with Gasteiger partial charge < -0.3 is 4.74 Å². The zero-order chi connectivity index (χ0) is 12.3. The molecule has 0 aromatic carbocycles. The Kier molecular flexibility index (Phi) is 3.04. The molecule has 2 rings (SSSR count). The van der Waals surface area contributed by atoms with Gasteiger partial charge >= 0.3 is 5.97 Å². The lowest BCUT2D eigenvalue weighted by molar-refractivity contribution is 0.0594. The highest BCUT2D eigenvalue weighted by Crippen LogP contribution is 2.13. The number of nitrogens with zero attached hydrogens (tertiary/aromatic N) is 4. The van der Waals surface area contributed by atoms with Crippen LogP contribution >= 0.6 is 0 Å².